The number of hydrogen-bond donors (Lipinski definition) is 1. The van der Waals surface area contributed by atoms with Crippen LogP contribution in [0.5, 0.6) is 0 Å². The van der Waals surface area contributed by atoms with Gasteiger partial charge in [0, 0.05) is 5.54 Å². The summed E-state index contributed by atoms with van der Waals surface area (Å²) >= 11 is 0. The number of aromatic nitrogens is 1. The fourth-order valence-corrected chi connectivity index (χ4v) is 0.967. The van der Waals surface area contributed by atoms with Gasteiger partial charge in [0.1, 0.15) is 11.8 Å². The standard InChI is InChI=1S/C10H13N3/c1-10(2,3)13-9-5-4-8(6-11)12-7-9/h4-5,7,13H,1-3H3. The van der Waals surface area contributed by atoms with Crippen LogP contribution in [0.4, 0.5) is 5.69 Å². The molecule has 0 radical (unpaired) electrons. The Bertz CT molecular complexity index is 314. The number of hydrogen-bond acceptors (Lipinski definition) is 3. The summed E-state index contributed by atoms with van der Waals surface area (Å²) in [6.45, 7) is 6.22. The molecule has 1 aromatic rings. The summed E-state index contributed by atoms with van der Waals surface area (Å²) in [7, 11) is 0. The first-order chi connectivity index (χ1) is 6.01. The van der Waals surface area contributed by atoms with Crippen LogP contribution >= 0.6 is 0 Å². The second-order valence-corrected chi connectivity index (χ2v) is 3.92. The predicted molar refractivity (Wildman–Crippen MR) is 52.3 cm³/mol. The molecule has 0 amide bonds. The molecule has 1 heterocycles. The van der Waals surface area contributed by atoms with Crippen molar-refractivity contribution in [1.82, 2.24) is 4.98 Å². The summed E-state index contributed by atoms with van der Waals surface area (Å²) in [5.41, 5.74) is 1.40. The molecule has 3 heteroatoms. The first-order valence-electron chi connectivity index (χ1n) is 4.15. The van der Waals surface area contributed by atoms with Crippen LogP contribution in [0.25, 0.3) is 0 Å². The highest BCUT2D eigenvalue weighted by Gasteiger charge is 2.08. The first-order valence-corrected chi connectivity index (χ1v) is 4.15. The highest BCUT2D eigenvalue weighted by molar-refractivity contribution is 5.44. The fourth-order valence-electron chi connectivity index (χ4n) is 0.967. The SMILES string of the molecule is CC(C)(C)Nc1ccc(C#N)nc1. The third-order valence-corrected chi connectivity index (χ3v) is 1.40. The van der Waals surface area contributed by atoms with Crippen molar-refractivity contribution in [3.8, 4) is 6.07 Å². The van der Waals surface area contributed by atoms with Crippen LogP contribution in [0.3, 0.4) is 0 Å². The van der Waals surface area contributed by atoms with Gasteiger partial charge in [0.15, 0.2) is 0 Å². The molecule has 0 aliphatic rings. The predicted octanol–water partition coefficient (Wildman–Crippen LogP) is 2.16. The summed E-state index contributed by atoms with van der Waals surface area (Å²) in [6.07, 6.45) is 1.67. The molecule has 1 aromatic heterocycles. The van der Waals surface area contributed by atoms with E-state index in [1.165, 1.54) is 0 Å². The molecule has 0 unspecified atom stereocenters. The maximum absolute atomic E-state index is 8.53. The molecule has 1 rings (SSSR count). The number of nitrogens with one attached hydrogen (secondary N) is 1. The van der Waals surface area contributed by atoms with E-state index in [0.717, 1.165) is 5.69 Å². The molecular formula is C10H13N3. The van der Waals surface area contributed by atoms with Gasteiger partial charge in [-0.05, 0) is 32.9 Å². The minimum absolute atomic E-state index is 0.0237. The van der Waals surface area contributed by atoms with Crippen molar-refractivity contribution in [3.63, 3.8) is 0 Å². The molecular weight excluding hydrogens is 162 g/mol. The van der Waals surface area contributed by atoms with Crippen LogP contribution in [0.15, 0.2) is 18.3 Å². The van der Waals surface area contributed by atoms with E-state index < -0.39 is 0 Å². The smallest absolute Gasteiger partial charge is 0.140 e. The number of nitriles is 1. The lowest BCUT2D eigenvalue weighted by atomic mass is 10.1. The van der Waals surface area contributed by atoms with E-state index in [4.69, 9.17) is 5.26 Å². The Kier molecular flexibility index (Phi) is 2.52. The van der Waals surface area contributed by atoms with Gasteiger partial charge in [-0.2, -0.15) is 5.26 Å². The Hall–Kier alpha value is -1.56. The zero-order chi connectivity index (χ0) is 9.90. The van der Waals surface area contributed by atoms with Crippen molar-refractivity contribution < 1.29 is 0 Å². The van der Waals surface area contributed by atoms with Gasteiger partial charge in [0.2, 0.25) is 0 Å². The van der Waals surface area contributed by atoms with E-state index >= 15 is 0 Å². The number of nitrogens with zero attached hydrogens (tertiary/aromatic N) is 2. The Morgan fingerprint density at radius 1 is 1.38 bits per heavy atom. The van der Waals surface area contributed by atoms with E-state index in [0.29, 0.717) is 5.69 Å². The summed E-state index contributed by atoms with van der Waals surface area (Å²) in [6, 6.07) is 5.54. The molecule has 1 N–H and O–H groups in total. The first kappa shape index (κ1) is 9.53. The highest BCUT2D eigenvalue weighted by atomic mass is 15.0. The van der Waals surface area contributed by atoms with E-state index in [2.05, 4.69) is 31.1 Å². The lowest BCUT2D eigenvalue weighted by Crippen LogP contribution is -2.26. The molecule has 0 aliphatic carbocycles. The molecule has 68 valence electrons. The summed E-state index contributed by atoms with van der Waals surface area (Å²) in [5.74, 6) is 0. The van der Waals surface area contributed by atoms with Crippen LogP contribution < -0.4 is 5.32 Å². The van der Waals surface area contributed by atoms with Gasteiger partial charge in [-0.15, -0.1) is 0 Å². The van der Waals surface area contributed by atoms with Crippen LogP contribution in [-0.2, 0) is 0 Å². The van der Waals surface area contributed by atoms with Crippen molar-refractivity contribution in [3.05, 3.63) is 24.0 Å². The zero-order valence-electron chi connectivity index (χ0n) is 8.13. The van der Waals surface area contributed by atoms with E-state index in [9.17, 15) is 0 Å². The van der Waals surface area contributed by atoms with Gasteiger partial charge in [0.25, 0.3) is 0 Å². The van der Waals surface area contributed by atoms with Gasteiger partial charge < -0.3 is 5.32 Å². The minimum Gasteiger partial charge on any atom is -0.379 e. The topological polar surface area (TPSA) is 48.7 Å². The molecule has 3 nitrogen and oxygen atoms in total. The number of pyridine rings is 1. The molecule has 0 aliphatic heterocycles. The van der Waals surface area contributed by atoms with E-state index in [-0.39, 0.29) is 5.54 Å². The van der Waals surface area contributed by atoms with Crippen molar-refractivity contribution in [2.24, 2.45) is 0 Å². The molecule has 0 bridgehead atoms. The summed E-state index contributed by atoms with van der Waals surface area (Å²) in [5, 5.41) is 11.8. The molecule has 0 aromatic carbocycles. The van der Waals surface area contributed by atoms with Gasteiger partial charge in [-0.1, -0.05) is 0 Å². The fraction of sp³-hybridized carbons (Fsp3) is 0.400. The molecule has 0 atom stereocenters. The van der Waals surface area contributed by atoms with Crippen molar-refractivity contribution in [1.29, 1.82) is 5.26 Å². The number of anilines is 1. The van der Waals surface area contributed by atoms with Crippen LogP contribution in [0.2, 0.25) is 0 Å². The third kappa shape index (κ3) is 3.12. The zero-order valence-corrected chi connectivity index (χ0v) is 8.13. The van der Waals surface area contributed by atoms with Crippen molar-refractivity contribution >= 4 is 5.69 Å². The molecule has 0 spiro atoms. The van der Waals surface area contributed by atoms with Gasteiger partial charge >= 0.3 is 0 Å². The maximum atomic E-state index is 8.53. The lowest BCUT2D eigenvalue weighted by Gasteiger charge is -2.21. The van der Waals surface area contributed by atoms with Crippen LogP contribution in [0, 0.1) is 11.3 Å². The van der Waals surface area contributed by atoms with Gasteiger partial charge in [0.05, 0.1) is 11.9 Å². The van der Waals surface area contributed by atoms with Gasteiger partial charge in [-0.25, -0.2) is 4.98 Å². The monoisotopic (exact) mass is 175 g/mol. The summed E-state index contributed by atoms with van der Waals surface area (Å²) < 4.78 is 0. The highest BCUT2D eigenvalue weighted by Crippen LogP contribution is 2.12. The Morgan fingerprint density at radius 3 is 2.46 bits per heavy atom. The van der Waals surface area contributed by atoms with Crippen LogP contribution in [0.1, 0.15) is 26.5 Å². The maximum Gasteiger partial charge on any atom is 0.140 e. The molecule has 0 fully saturated rings. The Morgan fingerprint density at radius 2 is 2.08 bits per heavy atom. The molecule has 13 heavy (non-hydrogen) atoms. The summed E-state index contributed by atoms with van der Waals surface area (Å²) in [4.78, 5) is 3.96. The Balaban J connectivity index is 2.77. The molecule has 0 saturated heterocycles. The molecule has 0 saturated carbocycles. The minimum atomic E-state index is 0.0237. The van der Waals surface area contributed by atoms with Crippen LogP contribution in [-0.4, -0.2) is 10.5 Å². The van der Waals surface area contributed by atoms with E-state index in [1.54, 1.807) is 12.3 Å². The second kappa shape index (κ2) is 3.44. The second-order valence-electron chi connectivity index (χ2n) is 3.92. The Labute approximate surface area is 78.4 Å². The average molecular weight is 175 g/mol. The van der Waals surface area contributed by atoms with Gasteiger partial charge in [-0.3, -0.25) is 0 Å². The quantitative estimate of drug-likeness (QED) is 0.711. The van der Waals surface area contributed by atoms with E-state index in [1.807, 2.05) is 12.1 Å². The normalized spacial score (nSPS) is 10.6. The average Bonchev–Trinajstić information content (AvgIpc) is 2.03. The largest absolute Gasteiger partial charge is 0.379 e. The van der Waals surface area contributed by atoms with Crippen molar-refractivity contribution in [2.45, 2.75) is 26.3 Å². The number of rotatable bonds is 1. The third-order valence-electron chi connectivity index (χ3n) is 1.40. The lowest BCUT2D eigenvalue weighted by molar-refractivity contribution is 0.633. The van der Waals surface area contributed by atoms with Crippen molar-refractivity contribution in [2.75, 3.05) is 5.32 Å².